The summed E-state index contributed by atoms with van der Waals surface area (Å²) in [5.41, 5.74) is -1.24. The molecule has 0 aliphatic heterocycles. The average molecular weight is 303 g/mol. The Kier molecular flexibility index (Phi) is 5.15. The van der Waals surface area contributed by atoms with E-state index in [0.717, 1.165) is 6.07 Å². The van der Waals surface area contributed by atoms with Gasteiger partial charge in [0.25, 0.3) is 0 Å². The zero-order valence-electron chi connectivity index (χ0n) is 12.0. The standard InChI is InChI=1S/C14H19F2NO2S/c1-13(2,3)20(19)17-14(4,8-9-18)10-6-5-7-11(15)12(10)16/h5-7,9,17H,8H2,1-4H3/t14-,20?/m0/s1. The molecule has 0 saturated carbocycles. The van der Waals surface area contributed by atoms with Crippen LogP contribution < -0.4 is 4.72 Å². The number of aldehydes is 1. The third kappa shape index (κ3) is 3.70. The van der Waals surface area contributed by atoms with Crippen LogP contribution in [-0.2, 0) is 21.3 Å². The fourth-order valence-electron chi connectivity index (χ4n) is 1.66. The highest BCUT2D eigenvalue weighted by Crippen LogP contribution is 2.29. The van der Waals surface area contributed by atoms with Crippen LogP contribution in [0.15, 0.2) is 18.2 Å². The molecule has 0 spiro atoms. The molecule has 20 heavy (non-hydrogen) atoms. The van der Waals surface area contributed by atoms with Crippen LogP contribution in [0, 0.1) is 11.6 Å². The molecule has 3 nitrogen and oxygen atoms in total. The van der Waals surface area contributed by atoms with Crippen molar-refractivity contribution in [2.45, 2.75) is 44.4 Å². The van der Waals surface area contributed by atoms with Crippen molar-refractivity contribution >= 4 is 17.3 Å². The lowest BCUT2D eigenvalue weighted by atomic mass is 9.90. The zero-order valence-corrected chi connectivity index (χ0v) is 12.8. The molecule has 1 N–H and O–H groups in total. The monoisotopic (exact) mass is 303 g/mol. The summed E-state index contributed by atoms with van der Waals surface area (Å²) in [5, 5.41) is 0. The molecule has 1 unspecified atom stereocenters. The summed E-state index contributed by atoms with van der Waals surface area (Å²) in [4.78, 5) is 10.9. The summed E-state index contributed by atoms with van der Waals surface area (Å²) in [6.07, 6.45) is 0.479. The number of hydrogen-bond acceptors (Lipinski definition) is 2. The quantitative estimate of drug-likeness (QED) is 0.850. The first-order chi connectivity index (χ1) is 9.12. The predicted octanol–water partition coefficient (Wildman–Crippen LogP) is 2.82. The molecule has 1 rings (SSSR count). The van der Waals surface area contributed by atoms with Crippen LogP contribution in [0.2, 0.25) is 0 Å². The molecule has 112 valence electrons. The smallest absolute Gasteiger partial charge is 0.163 e. The summed E-state index contributed by atoms with van der Waals surface area (Å²) >= 11 is 0. The van der Waals surface area contributed by atoms with E-state index >= 15 is 0 Å². The Morgan fingerprint density at radius 3 is 2.35 bits per heavy atom. The fraction of sp³-hybridized carbons (Fsp3) is 0.500. The van der Waals surface area contributed by atoms with Gasteiger partial charge in [-0.3, -0.25) is 0 Å². The van der Waals surface area contributed by atoms with Gasteiger partial charge in [0.15, 0.2) is 11.6 Å². The molecule has 0 fully saturated rings. The Balaban J connectivity index is 3.24. The average Bonchev–Trinajstić information content (AvgIpc) is 2.31. The van der Waals surface area contributed by atoms with Gasteiger partial charge < -0.3 is 4.79 Å². The molecular weight excluding hydrogens is 284 g/mol. The Labute approximate surface area is 120 Å². The summed E-state index contributed by atoms with van der Waals surface area (Å²) in [5.74, 6) is -2.03. The number of carbonyl (C=O) groups is 1. The van der Waals surface area contributed by atoms with E-state index in [1.54, 1.807) is 20.8 Å². The number of nitrogens with one attached hydrogen (secondary N) is 1. The Morgan fingerprint density at radius 1 is 1.25 bits per heavy atom. The zero-order chi connectivity index (χ0) is 15.6. The largest absolute Gasteiger partial charge is 0.303 e. The maximum Gasteiger partial charge on any atom is 0.163 e. The molecule has 1 aromatic carbocycles. The molecule has 0 heterocycles. The molecule has 6 heteroatoms. The van der Waals surface area contributed by atoms with Crippen LogP contribution in [0.1, 0.15) is 39.7 Å². The van der Waals surface area contributed by atoms with Crippen LogP contribution in [0.4, 0.5) is 8.78 Å². The Morgan fingerprint density at radius 2 is 1.85 bits per heavy atom. The molecule has 1 aromatic rings. The van der Waals surface area contributed by atoms with Crippen LogP contribution in [0.3, 0.4) is 0 Å². The normalized spacial score (nSPS) is 16.5. The molecule has 2 atom stereocenters. The predicted molar refractivity (Wildman–Crippen MR) is 75.4 cm³/mol. The van der Waals surface area contributed by atoms with E-state index in [1.807, 2.05) is 0 Å². The summed E-state index contributed by atoms with van der Waals surface area (Å²) in [7, 11) is -1.52. The number of hydrogen-bond donors (Lipinski definition) is 1. The van der Waals surface area contributed by atoms with Crippen LogP contribution >= 0.6 is 0 Å². The summed E-state index contributed by atoms with van der Waals surface area (Å²) < 4.78 is 41.6. The maximum absolute atomic E-state index is 13.9. The molecule has 0 aromatic heterocycles. The SMILES string of the molecule is CC(C)(C)S(=O)N[C@@](C)(CC=O)c1cccc(F)c1F. The lowest BCUT2D eigenvalue weighted by molar-refractivity contribution is -0.108. The first-order valence-electron chi connectivity index (χ1n) is 6.19. The molecule has 0 aliphatic carbocycles. The number of benzene rings is 1. The second-order valence-electron chi connectivity index (χ2n) is 5.79. The first kappa shape index (κ1) is 16.9. The van der Waals surface area contributed by atoms with Crippen molar-refractivity contribution in [2.24, 2.45) is 0 Å². The van der Waals surface area contributed by atoms with E-state index in [-0.39, 0.29) is 12.0 Å². The van der Waals surface area contributed by atoms with Crippen molar-refractivity contribution in [1.82, 2.24) is 4.72 Å². The van der Waals surface area contributed by atoms with Crippen molar-refractivity contribution in [2.75, 3.05) is 0 Å². The van der Waals surface area contributed by atoms with Gasteiger partial charge in [0.2, 0.25) is 0 Å². The fourth-order valence-corrected chi connectivity index (χ4v) is 2.57. The minimum absolute atomic E-state index is 0.0119. The molecule has 0 saturated heterocycles. The van der Waals surface area contributed by atoms with E-state index in [2.05, 4.69) is 4.72 Å². The van der Waals surface area contributed by atoms with E-state index in [1.165, 1.54) is 19.1 Å². The van der Waals surface area contributed by atoms with Crippen LogP contribution in [0.25, 0.3) is 0 Å². The third-order valence-corrected chi connectivity index (χ3v) is 4.66. The topological polar surface area (TPSA) is 46.2 Å². The lowest BCUT2D eigenvalue weighted by Crippen LogP contribution is -2.47. The van der Waals surface area contributed by atoms with Crippen LogP contribution in [-0.4, -0.2) is 15.2 Å². The molecule has 0 bridgehead atoms. The van der Waals surface area contributed by atoms with Gasteiger partial charge in [0.1, 0.15) is 6.29 Å². The number of halogens is 2. The van der Waals surface area contributed by atoms with E-state index in [0.29, 0.717) is 6.29 Å². The molecule has 0 radical (unpaired) electrons. The maximum atomic E-state index is 13.9. The highest BCUT2D eigenvalue weighted by atomic mass is 32.2. The second kappa shape index (κ2) is 6.10. The van der Waals surface area contributed by atoms with Gasteiger partial charge in [-0.2, -0.15) is 0 Å². The number of carbonyl (C=O) groups excluding carboxylic acids is 1. The van der Waals surface area contributed by atoms with Gasteiger partial charge in [-0.15, -0.1) is 0 Å². The van der Waals surface area contributed by atoms with Gasteiger partial charge in [0, 0.05) is 12.0 Å². The number of rotatable bonds is 5. The van der Waals surface area contributed by atoms with E-state index < -0.39 is 32.9 Å². The highest BCUT2D eigenvalue weighted by molar-refractivity contribution is 7.84. The van der Waals surface area contributed by atoms with Crippen molar-refractivity contribution in [3.63, 3.8) is 0 Å². The van der Waals surface area contributed by atoms with Crippen molar-refractivity contribution in [3.05, 3.63) is 35.4 Å². The minimum Gasteiger partial charge on any atom is -0.303 e. The van der Waals surface area contributed by atoms with Crippen LogP contribution in [0.5, 0.6) is 0 Å². The van der Waals surface area contributed by atoms with Crippen molar-refractivity contribution < 1.29 is 17.8 Å². The summed E-state index contributed by atoms with van der Waals surface area (Å²) in [6, 6.07) is 3.74. The highest BCUT2D eigenvalue weighted by Gasteiger charge is 2.35. The minimum atomic E-state index is -1.52. The van der Waals surface area contributed by atoms with E-state index in [4.69, 9.17) is 0 Å². The molecule has 0 amide bonds. The Hall–Kier alpha value is -1.14. The van der Waals surface area contributed by atoms with E-state index in [9.17, 15) is 17.8 Å². The van der Waals surface area contributed by atoms with Crippen molar-refractivity contribution in [1.29, 1.82) is 0 Å². The molecule has 0 aliphatic rings. The first-order valence-corrected chi connectivity index (χ1v) is 7.34. The lowest BCUT2D eigenvalue weighted by Gasteiger charge is -2.32. The van der Waals surface area contributed by atoms with Crippen molar-refractivity contribution in [3.8, 4) is 0 Å². The summed E-state index contributed by atoms with van der Waals surface area (Å²) in [6.45, 7) is 6.78. The Bertz CT molecular complexity index is 528. The van der Waals surface area contributed by atoms with Gasteiger partial charge in [0.05, 0.1) is 21.3 Å². The van der Waals surface area contributed by atoms with Gasteiger partial charge >= 0.3 is 0 Å². The molecular formula is C14H19F2NO2S. The van der Waals surface area contributed by atoms with Gasteiger partial charge in [-0.05, 0) is 33.8 Å². The van der Waals surface area contributed by atoms with Gasteiger partial charge in [-0.1, -0.05) is 12.1 Å². The van der Waals surface area contributed by atoms with Gasteiger partial charge in [-0.25, -0.2) is 17.7 Å². The second-order valence-corrected chi connectivity index (χ2v) is 7.75. The third-order valence-electron chi connectivity index (χ3n) is 2.91.